The minimum Gasteiger partial charge on any atom is -0.0689 e. The maximum absolute atomic E-state index is 2.56. The van der Waals surface area contributed by atoms with E-state index in [4.69, 9.17) is 0 Å². The predicted octanol–water partition coefficient (Wildman–Crippen LogP) is 7.45. The molecule has 0 aromatic heterocycles. The standard InChI is InChI=1S/C28H32Si2/c1-29(2)17-21-6-5-7-22(14-21)18-30(3,4)20-24-9-11-26-13-12-25-10-8-23(19-29)15-27(25)28(26)16-24/h5-16H,17-20H2,1-4H3. The van der Waals surface area contributed by atoms with Gasteiger partial charge in [0, 0.05) is 0 Å². The second kappa shape index (κ2) is 7.21. The molecule has 0 spiro atoms. The van der Waals surface area contributed by atoms with Crippen LogP contribution in [0.25, 0.3) is 21.5 Å². The Morgan fingerprint density at radius 3 is 1.27 bits per heavy atom. The first kappa shape index (κ1) is 19.8. The summed E-state index contributed by atoms with van der Waals surface area (Å²) in [6.07, 6.45) is 0. The van der Waals surface area contributed by atoms with Crippen LogP contribution < -0.4 is 0 Å². The molecule has 0 atom stereocenters. The first-order valence-corrected chi connectivity index (χ1v) is 18.1. The van der Waals surface area contributed by atoms with Gasteiger partial charge in [-0.05, 0) is 56.8 Å². The zero-order valence-corrected chi connectivity index (χ0v) is 20.8. The van der Waals surface area contributed by atoms with Crippen LogP contribution in [0.2, 0.25) is 26.2 Å². The summed E-state index contributed by atoms with van der Waals surface area (Å²) in [5, 5.41) is 5.61. The monoisotopic (exact) mass is 424 g/mol. The van der Waals surface area contributed by atoms with E-state index in [9.17, 15) is 0 Å². The van der Waals surface area contributed by atoms with Gasteiger partial charge in [0.1, 0.15) is 0 Å². The molecule has 0 fully saturated rings. The highest BCUT2D eigenvalue weighted by atomic mass is 28.3. The number of fused-ring (bicyclic) bond motifs is 4. The lowest BCUT2D eigenvalue weighted by Crippen LogP contribution is -2.34. The highest BCUT2D eigenvalue weighted by Gasteiger charge is 2.25. The van der Waals surface area contributed by atoms with E-state index in [0.717, 1.165) is 0 Å². The van der Waals surface area contributed by atoms with E-state index in [1.165, 1.54) is 56.8 Å². The van der Waals surface area contributed by atoms with Gasteiger partial charge in [-0.3, -0.25) is 0 Å². The van der Waals surface area contributed by atoms with E-state index in [0.29, 0.717) is 0 Å². The average Bonchev–Trinajstić information content (AvgIpc) is 2.66. The maximum atomic E-state index is 2.56. The van der Waals surface area contributed by atoms with E-state index < -0.39 is 16.1 Å². The molecule has 5 rings (SSSR count). The third-order valence-electron chi connectivity index (χ3n) is 6.69. The second-order valence-corrected chi connectivity index (χ2v) is 21.1. The fourth-order valence-electron chi connectivity index (χ4n) is 5.55. The quantitative estimate of drug-likeness (QED) is 0.203. The van der Waals surface area contributed by atoms with Crippen LogP contribution in [0.5, 0.6) is 0 Å². The summed E-state index contributed by atoms with van der Waals surface area (Å²) < 4.78 is 0. The van der Waals surface area contributed by atoms with E-state index >= 15 is 0 Å². The van der Waals surface area contributed by atoms with Crippen molar-refractivity contribution in [2.75, 3.05) is 0 Å². The molecule has 0 N–H and O–H groups in total. The Morgan fingerprint density at radius 2 is 0.833 bits per heavy atom. The zero-order chi connectivity index (χ0) is 20.9. The Labute approximate surface area is 183 Å². The topological polar surface area (TPSA) is 0 Å². The van der Waals surface area contributed by atoms with Crippen LogP contribution in [-0.2, 0) is 24.2 Å². The number of hydrogen-bond donors (Lipinski definition) is 0. The normalized spacial score (nSPS) is 18.0. The Hall–Kier alpha value is -2.17. The van der Waals surface area contributed by atoms with Gasteiger partial charge in [-0.25, -0.2) is 0 Å². The summed E-state index contributed by atoms with van der Waals surface area (Å²) in [4.78, 5) is 0. The van der Waals surface area contributed by atoms with Gasteiger partial charge >= 0.3 is 0 Å². The van der Waals surface area contributed by atoms with Crippen molar-refractivity contribution in [2.45, 2.75) is 50.4 Å². The maximum Gasteiger partial charge on any atom is 0.0561 e. The van der Waals surface area contributed by atoms with Gasteiger partial charge in [-0.15, -0.1) is 0 Å². The second-order valence-electron chi connectivity index (χ2n) is 11.0. The van der Waals surface area contributed by atoms with E-state index in [1.54, 1.807) is 11.1 Å². The molecule has 152 valence electrons. The summed E-state index contributed by atoms with van der Waals surface area (Å²) >= 11 is 0. The van der Waals surface area contributed by atoms with Crippen LogP contribution in [0.1, 0.15) is 22.3 Å². The number of benzene rings is 4. The molecule has 1 heterocycles. The molecule has 2 heteroatoms. The molecule has 0 saturated heterocycles. The Morgan fingerprint density at radius 1 is 0.467 bits per heavy atom. The minimum atomic E-state index is -1.40. The molecule has 30 heavy (non-hydrogen) atoms. The third kappa shape index (κ3) is 4.04. The Kier molecular flexibility index (Phi) is 4.75. The fraction of sp³-hybridized carbons (Fsp3) is 0.286. The molecule has 0 nitrogen and oxygen atoms in total. The minimum absolute atomic E-state index is 1.24. The first-order chi connectivity index (χ1) is 14.3. The summed E-state index contributed by atoms with van der Waals surface area (Å²) in [6.45, 7) is 10.2. The number of rotatable bonds is 0. The van der Waals surface area contributed by atoms with Crippen molar-refractivity contribution in [2.24, 2.45) is 0 Å². The van der Waals surface area contributed by atoms with Crippen LogP contribution >= 0.6 is 0 Å². The van der Waals surface area contributed by atoms with Crippen molar-refractivity contribution in [3.8, 4) is 0 Å². The van der Waals surface area contributed by atoms with Gasteiger partial charge in [0.2, 0.25) is 0 Å². The Balaban J connectivity index is 1.72. The molecule has 0 radical (unpaired) electrons. The van der Waals surface area contributed by atoms with Gasteiger partial charge < -0.3 is 0 Å². The van der Waals surface area contributed by atoms with Gasteiger partial charge in [0.25, 0.3) is 0 Å². The fourth-order valence-corrected chi connectivity index (χ4v) is 11.1. The smallest absolute Gasteiger partial charge is 0.0561 e. The third-order valence-corrected chi connectivity index (χ3v) is 12.2. The first-order valence-electron chi connectivity index (χ1n) is 11.3. The van der Waals surface area contributed by atoms with E-state index in [2.05, 4.69) is 99.0 Å². The van der Waals surface area contributed by atoms with Crippen molar-refractivity contribution >= 4 is 37.7 Å². The highest BCUT2D eigenvalue weighted by Crippen LogP contribution is 2.30. The van der Waals surface area contributed by atoms with Crippen molar-refractivity contribution < 1.29 is 0 Å². The Bertz CT molecular complexity index is 1160. The molecular weight excluding hydrogens is 392 g/mol. The number of hydrogen-bond acceptors (Lipinski definition) is 0. The van der Waals surface area contributed by atoms with Crippen LogP contribution in [0.15, 0.2) is 72.8 Å². The zero-order valence-electron chi connectivity index (χ0n) is 18.8. The van der Waals surface area contributed by atoms with Crippen LogP contribution in [0.3, 0.4) is 0 Å². The molecule has 4 aromatic rings. The molecule has 6 bridgehead atoms. The molecular formula is C28H32Si2. The molecule has 0 aliphatic carbocycles. The molecule has 0 amide bonds. The van der Waals surface area contributed by atoms with Gasteiger partial charge in [0.15, 0.2) is 0 Å². The molecule has 4 aromatic carbocycles. The van der Waals surface area contributed by atoms with Crippen molar-refractivity contribution in [1.29, 1.82) is 0 Å². The lowest BCUT2D eigenvalue weighted by molar-refractivity contribution is 1.18. The summed E-state index contributed by atoms with van der Waals surface area (Å²) in [5.41, 5.74) is 6.12. The average molecular weight is 425 g/mol. The molecule has 1 aliphatic rings. The van der Waals surface area contributed by atoms with E-state index in [-0.39, 0.29) is 0 Å². The lowest BCUT2D eigenvalue weighted by atomic mass is 9.99. The lowest BCUT2D eigenvalue weighted by Gasteiger charge is -2.25. The molecule has 1 aliphatic heterocycles. The van der Waals surface area contributed by atoms with Crippen molar-refractivity contribution in [3.63, 3.8) is 0 Å². The highest BCUT2D eigenvalue weighted by molar-refractivity contribution is 6.76. The van der Waals surface area contributed by atoms with Crippen LogP contribution in [0.4, 0.5) is 0 Å². The summed E-state index contributed by atoms with van der Waals surface area (Å²) in [7, 11) is -2.79. The largest absolute Gasteiger partial charge is 0.0689 e. The van der Waals surface area contributed by atoms with Crippen LogP contribution in [-0.4, -0.2) is 16.1 Å². The summed E-state index contributed by atoms with van der Waals surface area (Å²) in [6, 6.07) is 33.6. The van der Waals surface area contributed by atoms with Crippen molar-refractivity contribution in [3.05, 3.63) is 95.1 Å². The molecule has 0 unspecified atom stereocenters. The molecule has 0 saturated carbocycles. The van der Waals surface area contributed by atoms with Gasteiger partial charge in [0.05, 0.1) is 16.1 Å². The SMILES string of the molecule is C[Si]1(C)Cc2cccc(c2)C[Si](C)(C)Cc2ccc3ccc4ccc(cc4c3c2)C1. The summed E-state index contributed by atoms with van der Waals surface area (Å²) in [5.74, 6) is 0. The van der Waals surface area contributed by atoms with Gasteiger partial charge in [-0.1, -0.05) is 110 Å². The van der Waals surface area contributed by atoms with E-state index in [1.807, 2.05) is 0 Å². The van der Waals surface area contributed by atoms with Crippen LogP contribution in [0, 0.1) is 0 Å². The van der Waals surface area contributed by atoms with Gasteiger partial charge in [-0.2, -0.15) is 0 Å². The predicted molar refractivity (Wildman–Crippen MR) is 138 cm³/mol. The van der Waals surface area contributed by atoms with Crippen molar-refractivity contribution in [1.82, 2.24) is 0 Å².